The van der Waals surface area contributed by atoms with Gasteiger partial charge in [0, 0.05) is 17.7 Å². The molecule has 0 spiro atoms. The van der Waals surface area contributed by atoms with Gasteiger partial charge in [-0.1, -0.05) is 0 Å². The number of thioether (sulfide) groups is 1. The molecule has 9 heteroatoms. The van der Waals surface area contributed by atoms with Crippen molar-refractivity contribution < 1.29 is 18.0 Å². The van der Waals surface area contributed by atoms with Gasteiger partial charge in [-0.2, -0.15) is 13.2 Å². The summed E-state index contributed by atoms with van der Waals surface area (Å²) in [5, 5.41) is 4.38. The fourth-order valence-electron chi connectivity index (χ4n) is 0.988. The van der Waals surface area contributed by atoms with E-state index in [0.717, 1.165) is 0 Å². The van der Waals surface area contributed by atoms with Crippen LogP contribution in [0.5, 0.6) is 0 Å². The number of anilines is 1. The van der Waals surface area contributed by atoms with Gasteiger partial charge in [0.1, 0.15) is 0 Å². The van der Waals surface area contributed by atoms with Crippen LogP contribution < -0.4 is 11.1 Å². The predicted molar refractivity (Wildman–Crippen MR) is 61.8 cm³/mol. The number of halogens is 3. The molecule has 0 atom stereocenters. The first-order valence-electron chi connectivity index (χ1n) is 4.54. The van der Waals surface area contributed by atoms with Crippen LogP contribution in [0, 0.1) is 0 Å². The van der Waals surface area contributed by atoms with E-state index in [0.29, 0.717) is 10.8 Å². The number of nitrogens with zero attached hydrogens (tertiary/aromatic N) is 1. The molecule has 0 saturated carbocycles. The molecular formula is C8H10F3N3OS2. The van der Waals surface area contributed by atoms with Crippen LogP contribution in [-0.2, 0) is 11.2 Å². The summed E-state index contributed by atoms with van der Waals surface area (Å²) in [6.07, 6.45) is 0.0321. The monoisotopic (exact) mass is 285 g/mol. The number of aromatic nitrogens is 1. The Balaban J connectivity index is 2.18. The largest absolute Gasteiger partial charge is 0.441 e. The summed E-state index contributed by atoms with van der Waals surface area (Å²) in [6, 6.07) is 0. The normalized spacial score (nSPS) is 11.5. The summed E-state index contributed by atoms with van der Waals surface area (Å²) >= 11 is 1.05. The highest BCUT2D eigenvalue weighted by molar-refractivity contribution is 8.00. The Labute approximate surface area is 104 Å². The Morgan fingerprint density at radius 2 is 2.29 bits per heavy atom. The maximum atomic E-state index is 11.8. The number of hydrogen-bond donors (Lipinski definition) is 2. The van der Waals surface area contributed by atoms with Gasteiger partial charge in [0.2, 0.25) is 5.91 Å². The van der Waals surface area contributed by atoms with Gasteiger partial charge in [-0.3, -0.25) is 4.79 Å². The van der Waals surface area contributed by atoms with E-state index >= 15 is 0 Å². The quantitative estimate of drug-likeness (QED) is 0.807. The second-order valence-electron chi connectivity index (χ2n) is 3.00. The molecule has 4 nitrogen and oxygen atoms in total. The lowest BCUT2D eigenvalue weighted by molar-refractivity contribution is -0.120. The van der Waals surface area contributed by atoms with Crippen molar-refractivity contribution in [1.82, 2.24) is 10.3 Å². The first-order chi connectivity index (χ1) is 7.87. The smallest absolute Gasteiger partial charge is 0.375 e. The maximum absolute atomic E-state index is 11.8. The Bertz CT molecular complexity index is 380. The number of nitrogens with two attached hydrogens (primary N) is 1. The Kier molecular flexibility index (Phi) is 5.06. The van der Waals surface area contributed by atoms with Crippen LogP contribution in [0.3, 0.4) is 0 Å². The van der Waals surface area contributed by atoms with Crippen LogP contribution in [-0.4, -0.2) is 28.7 Å². The second kappa shape index (κ2) is 6.10. The molecule has 1 aromatic rings. The van der Waals surface area contributed by atoms with Crippen molar-refractivity contribution in [3.8, 4) is 0 Å². The van der Waals surface area contributed by atoms with Crippen LogP contribution >= 0.6 is 23.1 Å². The average molecular weight is 285 g/mol. The number of carbonyl (C=O) groups is 1. The van der Waals surface area contributed by atoms with Gasteiger partial charge in [0.25, 0.3) is 0 Å². The molecule has 0 radical (unpaired) electrons. The van der Waals surface area contributed by atoms with E-state index in [2.05, 4.69) is 10.3 Å². The molecule has 1 heterocycles. The van der Waals surface area contributed by atoms with Crippen molar-refractivity contribution in [3.63, 3.8) is 0 Å². The number of rotatable bonds is 5. The van der Waals surface area contributed by atoms with E-state index in [1.165, 1.54) is 11.3 Å². The topological polar surface area (TPSA) is 68.0 Å². The summed E-state index contributed by atoms with van der Waals surface area (Å²) in [7, 11) is 0. The lowest BCUT2D eigenvalue weighted by atomic mass is 10.3. The average Bonchev–Trinajstić information content (AvgIpc) is 2.57. The van der Waals surface area contributed by atoms with Crippen molar-refractivity contribution in [1.29, 1.82) is 0 Å². The van der Waals surface area contributed by atoms with Gasteiger partial charge in [-0.25, -0.2) is 4.98 Å². The number of amides is 1. The lowest BCUT2D eigenvalue weighted by Crippen LogP contribution is -2.28. The molecule has 0 aliphatic rings. The summed E-state index contributed by atoms with van der Waals surface area (Å²) in [5.74, 6) is -0.563. The van der Waals surface area contributed by atoms with Gasteiger partial charge in [0.15, 0.2) is 5.13 Å². The molecule has 0 aliphatic heterocycles. The van der Waals surface area contributed by atoms with Crippen molar-refractivity contribution in [3.05, 3.63) is 11.1 Å². The maximum Gasteiger partial charge on any atom is 0.441 e. The van der Waals surface area contributed by atoms with Crippen LogP contribution in [0.4, 0.5) is 18.3 Å². The zero-order valence-corrected chi connectivity index (χ0v) is 10.2. The van der Waals surface area contributed by atoms with Crippen LogP contribution in [0.15, 0.2) is 5.38 Å². The molecular weight excluding hydrogens is 275 g/mol. The summed E-state index contributed by atoms with van der Waals surface area (Å²) in [4.78, 5) is 15.1. The van der Waals surface area contributed by atoms with Gasteiger partial charge in [0.05, 0.1) is 12.1 Å². The summed E-state index contributed by atoms with van der Waals surface area (Å²) < 4.78 is 35.3. The summed E-state index contributed by atoms with van der Waals surface area (Å²) in [5.41, 5.74) is 1.64. The van der Waals surface area contributed by atoms with Crippen LogP contribution in [0.25, 0.3) is 0 Å². The van der Waals surface area contributed by atoms with Crippen molar-refractivity contribution in [2.24, 2.45) is 0 Å². The standard InChI is InChI=1S/C8H10F3N3OS2/c9-8(10,11)17-2-1-13-6(15)3-5-4-16-7(12)14-5/h4H,1-3H2,(H2,12,14)(H,13,15). The minimum absolute atomic E-state index is 0.0252. The van der Waals surface area contributed by atoms with Crippen molar-refractivity contribution >= 4 is 34.1 Å². The van der Waals surface area contributed by atoms with Gasteiger partial charge < -0.3 is 11.1 Å². The van der Waals surface area contributed by atoms with E-state index in [4.69, 9.17) is 5.73 Å². The number of nitrogens with one attached hydrogen (secondary N) is 1. The molecule has 0 bridgehead atoms. The molecule has 0 saturated heterocycles. The van der Waals surface area contributed by atoms with Crippen LogP contribution in [0.2, 0.25) is 0 Å². The van der Waals surface area contributed by atoms with Crippen LogP contribution in [0.1, 0.15) is 5.69 Å². The third-order valence-electron chi connectivity index (χ3n) is 1.60. The number of nitrogen functional groups attached to an aromatic ring is 1. The highest BCUT2D eigenvalue weighted by Gasteiger charge is 2.27. The highest BCUT2D eigenvalue weighted by atomic mass is 32.2. The van der Waals surface area contributed by atoms with E-state index in [1.807, 2.05) is 0 Å². The lowest BCUT2D eigenvalue weighted by Gasteiger charge is -2.06. The van der Waals surface area contributed by atoms with Crippen molar-refractivity contribution in [2.75, 3.05) is 18.0 Å². The zero-order valence-electron chi connectivity index (χ0n) is 8.58. The molecule has 0 aliphatic carbocycles. The Morgan fingerprint density at radius 3 is 2.82 bits per heavy atom. The molecule has 1 aromatic heterocycles. The minimum atomic E-state index is -4.26. The first kappa shape index (κ1) is 14.1. The van der Waals surface area contributed by atoms with E-state index in [9.17, 15) is 18.0 Å². The molecule has 0 aromatic carbocycles. The van der Waals surface area contributed by atoms with Gasteiger partial charge in [-0.15, -0.1) is 11.3 Å². The number of alkyl halides is 3. The number of thiazole rings is 1. The van der Waals surface area contributed by atoms with E-state index < -0.39 is 5.51 Å². The number of carbonyl (C=O) groups excluding carboxylic acids is 1. The molecule has 0 fully saturated rings. The highest BCUT2D eigenvalue weighted by Crippen LogP contribution is 2.29. The molecule has 0 unspecified atom stereocenters. The number of hydrogen-bond acceptors (Lipinski definition) is 5. The third-order valence-corrected chi connectivity index (χ3v) is 3.06. The summed E-state index contributed by atoms with van der Waals surface area (Å²) in [6.45, 7) is -0.0252. The molecule has 3 N–H and O–H groups in total. The third kappa shape index (κ3) is 6.37. The Hall–Kier alpha value is -0.960. The fraction of sp³-hybridized carbons (Fsp3) is 0.500. The van der Waals surface area contributed by atoms with E-state index in [-0.39, 0.29) is 36.4 Å². The van der Waals surface area contributed by atoms with Gasteiger partial charge >= 0.3 is 5.51 Å². The van der Waals surface area contributed by atoms with E-state index in [1.54, 1.807) is 5.38 Å². The SMILES string of the molecule is Nc1nc(CC(=O)NCCSC(F)(F)F)cs1. The second-order valence-corrected chi connectivity index (χ2v) is 5.05. The molecule has 17 heavy (non-hydrogen) atoms. The molecule has 96 valence electrons. The fourth-order valence-corrected chi connectivity index (χ4v) is 1.99. The minimum Gasteiger partial charge on any atom is -0.375 e. The molecule has 1 amide bonds. The predicted octanol–water partition coefficient (Wildman–Crippen LogP) is 1.64. The molecule has 1 rings (SSSR count). The first-order valence-corrected chi connectivity index (χ1v) is 6.40. The van der Waals surface area contributed by atoms with Gasteiger partial charge in [-0.05, 0) is 11.8 Å². The zero-order chi connectivity index (χ0) is 12.9. The van der Waals surface area contributed by atoms with Crippen molar-refractivity contribution in [2.45, 2.75) is 11.9 Å². The Morgan fingerprint density at radius 1 is 1.59 bits per heavy atom.